The number of rotatable bonds is 2. The molecule has 0 aromatic carbocycles. The first-order valence-corrected chi connectivity index (χ1v) is 6.27. The molecule has 0 saturated carbocycles. The van der Waals surface area contributed by atoms with E-state index in [4.69, 9.17) is 9.47 Å². The largest absolute Gasteiger partial charge is 0.381 e. The third-order valence-electron chi connectivity index (χ3n) is 4.29. The van der Waals surface area contributed by atoms with E-state index in [0.29, 0.717) is 5.78 Å². The highest BCUT2D eigenvalue weighted by molar-refractivity contribution is 5.89. The van der Waals surface area contributed by atoms with E-state index in [2.05, 4.69) is 13.8 Å². The second kappa shape index (κ2) is 4.46. The molecule has 0 unspecified atom stereocenters. The van der Waals surface area contributed by atoms with E-state index in [0.717, 1.165) is 52.1 Å². The minimum Gasteiger partial charge on any atom is -0.381 e. The summed E-state index contributed by atoms with van der Waals surface area (Å²) in [6.07, 6.45) is 3.51. The van der Waals surface area contributed by atoms with Crippen molar-refractivity contribution in [2.45, 2.75) is 39.5 Å². The van der Waals surface area contributed by atoms with Crippen LogP contribution >= 0.6 is 0 Å². The van der Waals surface area contributed by atoms with E-state index in [1.165, 1.54) is 0 Å². The molecule has 0 N–H and O–H groups in total. The monoisotopic (exact) mass is 226 g/mol. The van der Waals surface area contributed by atoms with Crippen molar-refractivity contribution < 1.29 is 14.3 Å². The Balaban J connectivity index is 2.10. The lowest BCUT2D eigenvalue weighted by atomic mass is 9.65. The normalized spacial score (nSPS) is 28.6. The molecule has 3 nitrogen and oxygen atoms in total. The minimum absolute atomic E-state index is 0.162. The quantitative estimate of drug-likeness (QED) is 0.724. The van der Waals surface area contributed by atoms with Crippen molar-refractivity contribution in [3.8, 4) is 0 Å². The van der Waals surface area contributed by atoms with E-state index in [9.17, 15) is 4.79 Å². The van der Waals surface area contributed by atoms with Crippen LogP contribution in [-0.2, 0) is 14.3 Å². The van der Waals surface area contributed by atoms with Crippen LogP contribution < -0.4 is 0 Å². The highest BCUT2D eigenvalue weighted by Gasteiger charge is 2.45. The summed E-state index contributed by atoms with van der Waals surface area (Å²) in [6, 6.07) is 0. The van der Waals surface area contributed by atoms with Crippen LogP contribution in [0.2, 0.25) is 0 Å². The van der Waals surface area contributed by atoms with E-state index < -0.39 is 0 Å². The highest BCUT2D eigenvalue weighted by Crippen LogP contribution is 2.42. The maximum Gasteiger partial charge on any atom is 0.144 e. The third kappa shape index (κ3) is 2.16. The molecule has 2 saturated heterocycles. The van der Waals surface area contributed by atoms with Crippen molar-refractivity contribution in [1.82, 2.24) is 0 Å². The Kier molecular flexibility index (Phi) is 3.36. The van der Waals surface area contributed by atoms with Gasteiger partial charge in [-0.1, -0.05) is 13.8 Å². The Hall–Kier alpha value is -0.410. The SMILES string of the molecule is CC1(C(=O)C2(C)CCOCC2)CCOCC1. The van der Waals surface area contributed by atoms with Crippen molar-refractivity contribution in [3.63, 3.8) is 0 Å². The van der Waals surface area contributed by atoms with Crippen molar-refractivity contribution in [3.05, 3.63) is 0 Å². The van der Waals surface area contributed by atoms with Crippen LogP contribution in [-0.4, -0.2) is 32.2 Å². The number of hydrogen-bond acceptors (Lipinski definition) is 3. The molecule has 0 spiro atoms. The van der Waals surface area contributed by atoms with Crippen LogP contribution in [0.4, 0.5) is 0 Å². The Labute approximate surface area is 97.5 Å². The summed E-state index contributed by atoms with van der Waals surface area (Å²) in [6.45, 7) is 7.14. The molecule has 3 heteroatoms. The van der Waals surface area contributed by atoms with E-state index in [1.807, 2.05) is 0 Å². The first kappa shape index (κ1) is 12.1. The molecule has 0 atom stereocenters. The maximum atomic E-state index is 12.7. The molecule has 2 heterocycles. The Morgan fingerprint density at radius 3 is 1.44 bits per heavy atom. The molecule has 0 bridgehead atoms. The van der Waals surface area contributed by atoms with Gasteiger partial charge in [0.2, 0.25) is 0 Å². The number of Topliss-reactive ketones (excluding diaryl/α,β-unsaturated/α-hetero) is 1. The second-order valence-electron chi connectivity index (χ2n) is 5.68. The summed E-state index contributed by atoms with van der Waals surface area (Å²) in [4.78, 5) is 12.7. The summed E-state index contributed by atoms with van der Waals surface area (Å²) in [5, 5.41) is 0. The van der Waals surface area contributed by atoms with Crippen molar-refractivity contribution in [2.24, 2.45) is 10.8 Å². The molecule has 2 aliphatic rings. The van der Waals surface area contributed by atoms with Crippen LogP contribution in [0.15, 0.2) is 0 Å². The summed E-state index contributed by atoms with van der Waals surface area (Å²) >= 11 is 0. The van der Waals surface area contributed by atoms with Gasteiger partial charge < -0.3 is 9.47 Å². The standard InChI is InChI=1S/C13H22O3/c1-12(3-7-15-8-4-12)11(14)13(2)5-9-16-10-6-13/h3-10H2,1-2H3. The maximum absolute atomic E-state index is 12.7. The highest BCUT2D eigenvalue weighted by atomic mass is 16.5. The molecule has 0 aromatic heterocycles. The van der Waals surface area contributed by atoms with E-state index in [1.54, 1.807) is 0 Å². The summed E-state index contributed by atoms with van der Waals surface area (Å²) < 4.78 is 10.7. The van der Waals surface area contributed by atoms with Gasteiger partial charge in [-0.25, -0.2) is 0 Å². The average molecular weight is 226 g/mol. The molecule has 0 radical (unpaired) electrons. The van der Waals surface area contributed by atoms with Gasteiger partial charge in [-0.05, 0) is 25.7 Å². The van der Waals surface area contributed by atoms with Crippen LogP contribution in [0.3, 0.4) is 0 Å². The molecular weight excluding hydrogens is 204 g/mol. The minimum atomic E-state index is -0.162. The van der Waals surface area contributed by atoms with Crippen LogP contribution in [0, 0.1) is 10.8 Å². The van der Waals surface area contributed by atoms with Crippen molar-refractivity contribution in [1.29, 1.82) is 0 Å². The van der Waals surface area contributed by atoms with Gasteiger partial charge in [0.25, 0.3) is 0 Å². The fraction of sp³-hybridized carbons (Fsp3) is 0.923. The summed E-state index contributed by atoms with van der Waals surface area (Å²) in [5.74, 6) is 0.437. The first-order chi connectivity index (χ1) is 7.57. The summed E-state index contributed by atoms with van der Waals surface area (Å²) in [5.41, 5.74) is -0.325. The van der Waals surface area contributed by atoms with Gasteiger partial charge in [0.05, 0.1) is 0 Å². The third-order valence-corrected chi connectivity index (χ3v) is 4.29. The van der Waals surface area contributed by atoms with Crippen LogP contribution in [0.25, 0.3) is 0 Å². The molecule has 16 heavy (non-hydrogen) atoms. The second-order valence-corrected chi connectivity index (χ2v) is 5.68. The predicted octanol–water partition coefficient (Wildman–Crippen LogP) is 2.19. The van der Waals surface area contributed by atoms with Gasteiger partial charge in [0.1, 0.15) is 5.78 Å². The summed E-state index contributed by atoms with van der Waals surface area (Å²) in [7, 11) is 0. The van der Waals surface area contributed by atoms with Crippen LogP contribution in [0.1, 0.15) is 39.5 Å². The van der Waals surface area contributed by atoms with Gasteiger partial charge in [0.15, 0.2) is 0 Å². The van der Waals surface area contributed by atoms with Gasteiger partial charge in [-0.15, -0.1) is 0 Å². The Morgan fingerprint density at radius 2 is 1.12 bits per heavy atom. The number of ether oxygens (including phenoxy) is 2. The lowest BCUT2D eigenvalue weighted by Crippen LogP contribution is -2.46. The molecule has 0 aromatic rings. The van der Waals surface area contributed by atoms with Crippen molar-refractivity contribution in [2.75, 3.05) is 26.4 Å². The molecule has 92 valence electrons. The molecule has 0 aliphatic carbocycles. The van der Waals surface area contributed by atoms with E-state index in [-0.39, 0.29) is 10.8 Å². The van der Waals surface area contributed by atoms with Gasteiger partial charge in [-0.3, -0.25) is 4.79 Å². The zero-order valence-electron chi connectivity index (χ0n) is 10.4. The Morgan fingerprint density at radius 1 is 0.812 bits per heavy atom. The fourth-order valence-corrected chi connectivity index (χ4v) is 2.83. The van der Waals surface area contributed by atoms with E-state index >= 15 is 0 Å². The molecule has 0 amide bonds. The molecule has 2 rings (SSSR count). The van der Waals surface area contributed by atoms with Gasteiger partial charge in [-0.2, -0.15) is 0 Å². The topological polar surface area (TPSA) is 35.5 Å². The van der Waals surface area contributed by atoms with Crippen molar-refractivity contribution >= 4 is 5.78 Å². The zero-order chi connectivity index (χ0) is 11.6. The lowest BCUT2D eigenvalue weighted by Gasteiger charge is -2.41. The smallest absolute Gasteiger partial charge is 0.144 e. The van der Waals surface area contributed by atoms with Gasteiger partial charge >= 0.3 is 0 Å². The lowest BCUT2D eigenvalue weighted by molar-refractivity contribution is -0.147. The Bertz CT molecular complexity index is 234. The predicted molar refractivity (Wildman–Crippen MR) is 61.3 cm³/mol. The fourth-order valence-electron chi connectivity index (χ4n) is 2.83. The van der Waals surface area contributed by atoms with Gasteiger partial charge in [0, 0.05) is 37.3 Å². The number of ketones is 1. The number of carbonyl (C=O) groups is 1. The average Bonchev–Trinajstić information content (AvgIpc) is 2.30. The molecule has 2 aliphatic heterocycles. The first-order valence-electron chi connectivity index (χ1n) is 6.27. The van der Waals surface area contributed by atoms with Crippen LogP contribution in [0.5, 0.6) is 0 Å². The number of carbonyl (C=O) groups excluding carboxylic acids is 1. The molecule has 2 fully saturated rings. The molecular formula is C13H22O3. The zero-order valence-corrected chi connectivity index (χ0v) is 10.4. The number of hydrogen-bond donors (Lipinski definition) is 0.